The van der Waals surface area contributed by atoms with E-state index < -0.39 is 76.5 Å². The van der Waals surface area contributed by atoms with Gasteiger partial charge in [-0.3, -0.25) is 9.59 Å². The molecule has 5 rings (SSSR count). The number of aliphatic hydroxyl groups excluding tert-OH is 2. The number of aromatic nitrogens is 1. The number of Topliss-reactive ketones (excluding diaryl/α,β-unsaturated/α-hetero) is 1. The Bertz CT molecular complexity index is 1340. The summed E-state index contributed by atoms with van der Waals surface area (Å²) in [7, 11) is 0. The molecule has 1 aromatic carbocycles. The lowest BCUT2D eigenvalue weighted by atomic mass is 9.56. The van der Waals surface area contributed by atoms with E-state index in [-0.39, 0.29) is 22.6 Å². The van der Waals surface area contributed by atoms with Gasteiger partial charge in [-0.05, 0) is 17.5 Å². The average Bonchev–Trinajstić information content (AvgIpc) is 3.30. The predicted octanol–water partition coefficient (Wildman–Crippen LogP) is 1.54. The third-order valence-corrected chi connectivity index (χ3v) is 7.40. The minimum atomic E-state index is -3.18. The summed E-state index contributed by atoms with van der Waals surface area (Å²) < 4.78 is 5.22. The highest BCUT2D eigenvalue weighted by Gasteiger charge is 2.62. The molecule has 5 atom stereocenters. The van der Waals surface area contributed by atoms with Gasteiger partial charge in [-0.1, -0.05) is 18.2 Å². The molecule has 0 radical (unpaired) electrons. The number of primary amides is 1. The number of phenols is 1. The maximum absolute atomic E-state index is 13.7. The van der Waals surface area contributed by atoms with Crippen LogP contribution in [0.1, 0.15) is 35.2 Å². The number of carbonyl (C=O) groups is 2. The van der Waals surface area contributed by atoms with Crippen molar-refractivity contribution >= 4 is 11.7 Å². The second-order valence-electron chi connectivity index (χ2n) is 9.06. The molecule has 12 nitrogen and oxygen atoms in total. The molecule has 1 aromatic heterocycles. The van der Waals surface area contributed by atoms with Gasteiger partial charge in [-0.25, -0.2) is 4.98 Å². The van der Waals surface area contributed by atoms with E-state index in [0.29, 0.717) is 5.56 Å². The molecule has 35 heavy (non-hydrogen) atoms. The molecule has 3 aliphatic carbocycles. The molecule has 1 amide bonds. The van der Waals surface area contributed by atoms with Crippen LogP contribution >= 0.6 is 0 Å². The number of aromatic hydroxyl groups is 1. The van der Waals surface area contributed by atoms with Crippen molar-refractivity contribution in [2.45, 2.75) is 31.1 Å². The van der Waals surface area contributed by atoms with Crippen LogP contribution < -0.4 is 5.73 Å². The topological polar surface area (TPSA) is 217 Å². The first-order chi connectivity index (χ1) is 16.5. The van der Waals surface area contributed by atoms with Crippen molar-refractivity contribution < 1.29 is 39.5 Å². The fourth-order valence-corrected chi connectivity index (χ4v) is 5.96. The quantitative estimate of drug-likeness (QED) is 0.273. The van der Waals surface area contributed by atoms with Crippen molar-refractivity contribution in [2.24, 2.45) is 28.7 Å². The third-order valence-electron chi connectivity index (χ3n) is 7.40. The number of oxazole rings is 1. The largest absolute Gasteiger partial charge is 0.512 e. The highest BCUT2D eigenvalue weighted by atomic mass is 16.5. The number of carbonyl (C=O) groups excluding carboxylic acids is 2. The number of nitrogens with two attached hydrogens (primary N) is 1. The summed E-state index contributed by atoms with van der Waals surface area (Å²) in [5.41, 5.74) is 4.27. The van der Waals surface area contributed by atoms with E-state index in [1.54, 1.807) is 13.0 Å². The second-order valence-corrected chi connectivity index (χ2v) is 9.06. The van der Waals surface area contributed by atoms with Crippen LogP contribution in [0.15, 0.2) is 56.9 Å². The van der Waals surface area contributed by atoms with Crippen LogP contribution in [-0.4, -0.2) is 54.0 Å². The van der Waals surface area contributed by atoms with Crippen LogP contribution in [-0.2, 0) is 4.79 Å². The molecule has 0 saturated carbocycles. The number of phenolic OH excluding ortho intramolecular Hbond substituents is 1. The van der Waals surface area contributed by atoms with Crippen molar-refractivity contribution in [3.8, 4) is 17.2 Å². The Balaban J connectivity index is 1.75. The zero-order valence-corrected chi connectivity index (χ0v) is 18.2. The minimum absolute atomic E-state index is 0.0472. The number of nitrogens with zero attached hydrogens (tertiary/aromatic N) is 2. The van der Waals surface area contributed by atoms with Gasteiger partial charge in [0.05, 0.1) is 23.2 Å². The lowest BCUT2D eigenvalue weighted by Crippen LogP contribution is -2.58. The number of hydrogen-bond acceptors (Lipinski definition) is 11. The van der Waals surface area contributed by atoms with Crippen molar-refractivity contribution in [2.75, 3.05) is 0 Å². The molecule has 0 aliphatic heterocycles. The summed E-state index contributed by atoms with van der Waals surface area (Å²) in [4.78, 5) is 41.6. The average molecular weight is 483 g/mol. The van der Waals surface area contributed by atoms with Gasteiger partial charge >= 0.3 is 0 Å². The third kappa shape index (κ3) is 2.90. The Hall–Kier alpha value is -4.03. The van der Waals surface area contributed by atoms with Gasteiger partial charge in [0.25, 0.3) is 5.91 Å². The van der Waals surface area contributed by atoms with Crippen molar-refractivity contribution in [1.82, 2.24) is 4.98 Å². The van der Waals surface area contributed by atoms with Crippen molar-refractivity contribution in [3.63, 3.8) is 0 Å². The van der Waals surface area contributed by atoms with E-state index in [1.807, 2.05) is 0 Å². The van der Waals surface area contributed by atoms with Gasteiger partial charge in [-0.2, -0.15) is 4.91 Å². The Kier molecular flexibility index (Phi) is 4.86. The molecular formula is C23H21N3O9. The molecule has 12 heteroatoms. The fourth-order valence-electron chi connectivity index (χ4n) is 5.96. The van der Waals surface area contributed by atoms with E-state index in [4.69, 9.17) is 10.2 Å². The number of allylic oxidation sites excluding steroid dienone is 1. The maximum Gasteiger partial charge on any atom is 0.253 e. The lowest BCUT2D eigenvalue weighted by molar-refractivity contribution is -0.196. The van der Waals surface area contributed by atoms with Gasteiger partial charge in [0, 0.05) is 23.8 Å². The van der Waals surface area contributed by atoms with Crippen LogP contribution in [0.5, 0.6) is 5.75 Å². The van der Waals surface area contributed by atoms with E-state index in [2.05, 4.69) is 10.2 Å². The normalized spacial score (nSPS) is 29.3. The number of rotatable bonds is 3. The highest BCUT2D eigenvalue weighted by molar-refractivity contribution is 6.14. The molecule has 0 spiro atoms. The Morgan fingerprint density at radius 1 is 1.26 bits per heavy atom. The number of aliphatic hydroxyl groups is 4. The highest BCUT2D eigenvalue weighted by Crippen LogP contribution is 2.57. The number of ketones is 1. The van der Waals surface area contributed by atoms with E-state index in [0.717, 1.165) is 0 Å². The Labute approximate surface area is 197 Å². The van der Waals surface area contributed by atoms with Gasteiger partial charge in [0.1, 0.15) is 35.1 Å². The molecule has 182 valence electrons. The second kappa shape index (κ2) is 7.48. The Morgan fingerprint density at radius 2 is 1.97 bits per heavy atom. The van der Waals surface area contributed by atoms with Gasteiger partial charge in [-0.15, -0.1) is 0 Å². The molecule has 0 saturated heterocycles. The number of amides is 1. The molecule has 7 N–H and O–H groups in total. The first-order valence-electron chi connectivity index (χ1n) is 10.7. The zero-order valence-electron chi connectivity index (χ0n) is 18.2. The summed E-state index contributed by atoms with van der Waals surface area (Å²) in [6, 6.07) is 1.79. The number of hydrogen-bond donors (Lipinski definition) is 6. The van der Waals surface area contributed by atoms with Crippen molar-refractivity contribution in [1.29, 1.82) is 0 Å². The zero-order chi connectivity index (χ0) is 25.4. The summed E-state index contributed by atoms with van der Waals surface area (Å²) in [5, 5.41) is 57.3. The van der Waals surface area contributed by atoms with Crippen molar-refractivity contribution in [3.05, 3.63) is 63.3 Å². The summed E-state index contributed by atoms with van der Waals surface area (Å²) in [5.74, 6) is -11.9. The van der Waals surface area contributed by atoms with Gasteiger partial charge in [0.15, 0.2) is 5.78 Å². The first-order valence-corrected chi connectivity index (χ1v) is 10.7. The number of benzene rings is 1. The van der Waals surface area contributed by atoms with E-state index in [9.17, 15) is 40.0 Å². The molecular weight excluding hydrogens is 462 g/mol. The van der Waals surface area contributed by atoms with E-state index >= 15 is 0 Å². The predicted molar refractivity (Wildman–Crippen MR) is 117 cm³/mol. The molecule has 2 aromatic rings. The van der Waals surface area contributed by atoms with Crippen LogP contribution in [0.4, 0.5) is 0 Å². The van der Waals surface area contributed by atoms with Gasteiger partial charge in [0.2, 0.25) is 11.7 Å². The summed E-state index contributed by atoms with van der Waals surface area (Å²) in [6.07, 6.45) is 2.24. The molecule has 1 heterocycles. The van der Waals surface area contributed by atoms with Crippen LogP contribution in [0, 0.1) is 22.7 Å². The monoisotopic (exact) mass is 483 g/mol. The van der Waals surface area contributed by atoms with Crippen LogP contribution in [0.3, 0.4) is 0 Å². The van der Waals surface area contributed by atoms with Gasteiger partial charge < -0.3 is 35.7 Å². The van der Waals surface area contributed by atoms with Crippen LogP contribution in [0.2, 0.25) is 0 Å². The SMILES string of the molecule is C[C@H]1c2ccc(-c3ncco3)c(O)c2C(=O)C2=C(O)C3C(CC(O)=C(C(N)=O)C3(O)O)[C@@H](N=O)C21. The maximum atomic E-state index is 13.7. The number of fused-ring (bicyclic) bond motifs is 3. The fraction of sp³-hybridized carbons (Fsp3) is 0.348. The number of nitroso groups, excluding NO2 is 1. The Morgan fingerprint density at radius 3 is 2.57 bits per heavy atom. The molecule has 3 aliphatic rings. The molecule has 0 bridgehead atoms. The lowest BCUT2D eigenvalue weighted by Gasteiger charge is -2.50. The molecule has 0 fully saturated rings. The molecule has 3 unspecified atom stereocenters. The summed E-state index contributed by atoms with van der Waals surface area (Å²) >= 11 is 0. The standard InChI is InChI=1S/C23H21N3O9/c1-7-8-2-3-9(22-25-4-5-35-22)18(28)13(8)19(29)14-12(7)17(26-34)10-6-11(27)16(21(24)31)23(32,33)15(10)20(14)30/h2-5,7,10,12,15,17,27-28,30,32-33H,6H2,1H3,(H2,24,31)/t7-,10?,12?,15?,17+/m0/s1. The van der Waals surface area contributed by atoms with E-state index in [1.165, 1.54) is 18.5 Å². The van der Waals surface area contributed by atoms with Crippen LogP contribution in [0.25, 0.3) is 11.5 Å². The summed E-state index contributed by atoms with van der Waals surface area (Å²) in [6.45, 7) is 1.67. The first kappa shape index (κ1) is 22.7. The smallest absolute Gasteiger partial charge is 0.253 e. The minimum Gasteiger partial charge on any atom is -0.512 e.